The van der Waals surface area contributed by atoms with Crippen molar-refractivity contribution in [2.24, 2.45) is 0 Å². The monoisotopic (exact) mass is 521 g/mol. The molecule has 0 saturated carbocycles. The second kappa shape index (κ2) is 5.53. The van der Waals surface area contributed by atoms with Crippen LogP contribution in [0.4, 0.5) is 0 Å². The Balaban J connectivity index is 2.98. The van der Waals surface area contributed by atoms with E-state index < -0.39 is 26.5 Å². The molecule has 0 saturated heterocycles. The maximum absolute atomic E-state index is 12.5. The van der Waals surface area contributed by atoms with E-state index in [1.54, 1.807) is 12.1 Å². The van der Waals surface area contributed by atoms with Gasteiger partial charge in [-0.15, -0.1) is 0 Å². The van der Waals surface area contributed by atoms with Crippen molar-refractivity contribution in [3.05, 3.63) is 30.3 Å². The van der Waals surface area contributed by atoms with Crippen LogP contribution in [0.1, 0.15) is 0 Å². The van der Waals surface area contributed by atoms with Gasteiger partial charge in [-0.25, -0.2) is 13.4 Å². The Kier molecular flexibility index (Phi) is 4.55. The van der Waals surface area contributed by atoms with Gasteiger partial charge in [-0.2, -0.15) is 8.42 Å². The van der Waals surface area contributed by atoms with Crippen LogP contribution < -0.4 is 0 Å². The molecule has 1 aromatic carbocycles. The lowest BCUT2D eigenvalue weighted by molar-refractivity contribution is 0.479. The molecule has 1 aromatic heterocycles. The van der Waals surface area contributed by atoms with E-state index in [0.717, 1.165) is 6.07 Å². The molecule has 6 nitrogen and oxygen atoms in total. The summed E-state index contributed by atoms with van der Waals surface area (Å²) in [5.41, 5.74) is 0.128. The first-order chi connectivity index (χ1) is 9.44. The van der Waals surface area contributed by atoms with E-state index in [1.165, 1.54) is 12.1 Å². The lowest BCUT2D eigenvalue weighted by Gasteiger charge is -2.15. The topological polar surface area (TPSA) is 101 Å². The molecular formula is C10H6Br3NO5S2. The largest absolute Gasteiger partial charge is 0.312 e. The Labute approximate surface area is 146 Å². The molecule has 1 N–H and O–H groups in total. The van der Waals surface area contributed by atoms with Crippen molar-refractivity contribution in [3.8, 4) is 0 Å². The van der Waals surface area contributed by atoms with Crippen LogP contribution in [0.25, 0.3) is 10.9 Å². The minimum atomic E-state index is -4.64. The molecule has 0 spiro atoms. The van der Waals surface area contributed by atoms with Crippen LogP contribution in [0.5, 0.6) is 0 Å². The van der Waals surface area contributed by atoms with Crippen LogP contribution in [0.15, 0.2) is 40.3 Å². The summed E-state index contributed by atoms with van der Waals surface area (Å²) in [6, 6.07) is 6.91. The standard InChI is InChI=1S/C10H6Br3NO5S2/c11-10(12,13)20(15,16)8-5-9(21(17,18)19)14-7-4-2-1-3-6(7)8/h1-5H,(H,17,18,19). The third-order valence-electron chi connectivity index (χ3n) is 2.51. The summed E-state index contributed by atoms with van der Waals surface area (Å²) >= 11 is 8.73. The second-order valence-corrected chi connectivity index (χ2v) is 15.7. The van der Waals surface area contributed by atoms with Gasteiger partial charge in [-0.3, -0.25) is 4.55 Å². The molecule has 0 atom stereocenters. The van der Waals surface area contributed by atoms with Gasteiger partial charge in [0.15, 0.2) is 5.03 Å². The highest BCUT2D eigenvalue weighted by Crippen LogP contribution is 2.44. The van der Waals surface area contributed by atoms with Crippen molar-refractivity contribution in [3.63, 3.8) is 0 Å². The maximum Gasteiger partial charge on any atom is 0.312 e. The fourth-order valence-electron chi connectivity index (χ4n) is 1.60. The Hall–Kier alpha value is -0.0700. The Morgan fingerprint density at radius 3 is 2.14 bits per heavy atom. The first-order valence-electron chi connectivity index (χ1n) is 5.13. The number of para-hydroxylation sites is 1. The zero-order chi connectivity index (χ0) is 16.1. The average Bonchev–Trinajstić information content (AvgIpc) is 2.34. The van der Waals surface area contributed by atoms with Gasteiger partial charge in [0.1, 0.15) is 0 Å². The maximum atomic E-state index is 12.5. The lowest BCUT2D eigenvalue weighted by Crippen LogP contribution is -2.19. The van der Waals surface area contributed by atoms with Gasteiger partial charge in [0.2, 0.25) is 11.3 Å². The average molecular weight is 524 g/mol. The molecule has 2 rings (SSSR count). The number of pyridine rings is 1. The fourth-order valence-corrected chi connectivity index (χ4v) is 4.70. The number of hydrogen-bond acceptors (Lipinski definition) is 5. The lowest BCUT2D eigenvalue weighted by atomic mass is 10.2. The molecule has 1 heterocycles. The molecule has 114 valence electrons. The van der Waals surface area contributed by atoms with E-state index >= 15 is 0 Å². The molecular weight excluding hydrogens is 518 g/mol. The molecule has 0 aliphatic rings. The highest BCUT2D eigenvalue weighted by Gasteiger charge is 2.39. The molecule has 0 unspecified atom stereocenters. The molecule has 0 aliphatic heterocycles. The van der Waals surface area contributed by atoms with Crippen molar-refractivity contribution in [2.45, 2.75) is 11.4 Å². The van der Waals surface area contributed by atoms with Gasteiger partial charge < -0.3 is 0 Å². The SMILES string of the molecule is O=S(=O)(O)c1cc(S(=O)(=O)C(Br)(Br)Br)c2ccccc2n1. The molecule has 11 heteroatoms. The fraction of sp³-hybridized carbons (Fsp3) is 0.100. The van der Waals surface area contributed by atoms with Crippen molar-refractivity contribution < 1.29 is 21.4 Å². The number of rotatable bonds is 2. The van der Waals surface area contributed by atoms with Gasteiger partial charge in [-0.1, -0.05) is 18.2 Å². The van der Waals surface area contributed by atoms with E-state index in [0.29, 0.717) is 0 Å². The van der Waals surface area contributed by atoms with E-state index in [9.17, 15) is 16.8 Å². The van der Waals surface area contributed by atoms with Crippen LogP contribution in [0.2, 0.25) is 0 Å². The van der Waals surface area contributed by atoms with Gasteiger partial charge in [-0.05, 0) is 59.9 Å². The number of alkyl halides is 3. The summed E-state index contributed by atoms with van der Waals surface area (Å²) in [7, 11) is -8.70. The number of hydrogen-bond donors (Lipinski definition) is 1. The number of fused-ring (bicyclic) bond motifs is 1. The third kappa shape index (κ3) is 3.32. The summed E-state index contributed by atoms with van der Waals surface area (Å²) in [5, 5.41) is -0.510. The van der Waals surface area contributed by atoms with Crippen LogP contribution in [-0.2, 0) is 20.0 Å². The molecule has 0 aliphatic carbocycles. The highest BCUT2D eigenvalue weighted by molar-refractivity contribution is 9.42. The van der Waals surface area contributed by atoms with E-state index in [1.807, 2.05) is 0 Å². The number of halogens is 3. The summed E-state index contributed by atoms with van der Waals surface area (Å²) in [6.45, 7) is 0. The van der Waals surface area contributed by atoms with Crippen molar-refractivity contribution in [1.29, 1.82) is 0 Å². The van der Waals surface area contributed by atoms with Crippen LogP contribution in [0.3, 0.4) is 0 Å². The molecule has 0 fully saturated rings. The number of aromatic nitrogens is 1. The van der Waals surface area contributed by atoms with Crippen molar-refractivity contribution in [1.82, 2.24) is 4.98 Å². The number of sulfone groups is 1. The molecule has 2 aromatic rings. The van der Waals surface area contributed by atoms with E-state index in [4.69, 9.17) is 4.55 Å². The summed E-state index contributed by atoms with van der Waals surface area (Å²) in [5.74, 6) is 0. The number of nitrogens with zero attached hydrogens (tertiary/aromatic N) is 1. The molecule has 0 amide bonds. The van der Waals surface area contributed by atoms with Crippen LogP contribution in [0, 0.1) is 0 Å². The molecule has 21 heavy (non-hydrogen) atoms. The van der Waals surface area contributed by atoms with Crippen molar-refractivity contribution >= 4 is 78.6 Å². The summed E-state index contributed by atoms with van der Waals surface area (Å²) in [4.78, 5) is 3.45. The van der Waals surface area contributed by atoms with Gasteiger partial charge in [0.25, 0.3) is 0 Å². The first kappa shape index (κ1) is 17.3. The smallest absolute Gasteiger partial charge is 0.281 e. The van der Waals surface area contributed by atoms with Gasteiger partial charge in [0.05, 0.1) is 10.4 Å². The predicted molar refractivity (Wildman–Crippen MR) is 88.3 cm³/mol. The Bertz CT molecular complexity index is 919. The zero-order valence-corrected chi connectivity index (χ0v) is 16.3. The minimum absolute atomic E-state index is 0.128. The van der Waals surface area contributed by atoms with Crippen LogP contribution in [-0.4, -0.2) is 27.8 Å². The summed E-state index contributed by atoms with van der Waals surface area (Å²) < 4.78 is 55.0. The van der Waals surface area contributed by atoms with Crippen LogP contribution >= 0.6 is 47.8 Å². The normalized spacial score (nSPS) is 13.5. The number of benzene rings is 1. The minimum Gasteiger partial charge on any atom is -0.281 e. The first-order valence-corrected chi connectivity index (χ1v) is 10.4. The quantitative estimate of drug-likeness (QED) is 0.479. The van der Waals surface area contributed by atoms with E-state index in [-0.39, 0.29) is 15.8 Å². The Morgan fingerprint density at radius 2 is 1.62 bits per heavy atom. The van der Waals surface area contributed by atoms with Gasteiger partial charge in [0, 0.05) is 5.39 Å². The molecule has 0 bridgehead atoms. The van der Waals surface area contributed by atoms with E-state index in [2.05, 4.69) is 52.8 Å². The van der Waals surface area contributed by atoms with Gasteiger partial charge >= 0.3 is 10.1 Å². The summed E-state index contributed by atoms with van der Waals surface area (Å²) in [6.07, 6.45) is 0. The van der Waals surface area contributed by atoms with Crippen molar-refractivity contribution in [2.75, 3.05) is 0 Å². The predicted octanol–water partition coefficient (Wildman–Crippen LogP) is 3.05. The molecule has 0 radical (unpaired) electrons. The Morgan fingerprint density at radius 1 is 1.05 bits per heavy atom. The zero-order valence-electron chi connectivity index (χ0n) is 9.86. The third-order valence-corrected chi connectivity index (χ3v) is 8.61. The highest BCUT2D eigenvalue weighted by atomic mass is 80.0. The second-order valence-electron chi connectivity index (χ2n) is 3.90.